The Morgan fingerprint density at radius 3 is 2.55 bits per heavy atom. The van der Waals surface area contributed by atoms with Crippen LogP contribution in [-0.4, -0.2) is 23.3 Å². The fourth-order valence-corrected chi connectivity index (χ4v) is 3.82. The molecule has 0 radical (unpaired) electrons. The van der Waals surface area contributed by atoms with Crippen LogP contribution in [0.5, 0.6) is 0 Å². The Kier molecular flexibility index (Phi) is 4.34. The first-order valence-corrected chi connectivity index (χ1v) is 8.26. The fraction of sp³-hybridized carbons (Fsp3) is 0.647. The molecule has 1 atom stereocenters. The zero-order valence-corrected chi connectivity index (χ0v) is 12.8. The number of benzene rings is 1. The first-order valence-electron chi connectivity index (χ1n) is 7.88. The van der Waals surface area contributed by atoms with Gasteiger partial charge in [-0.05, 0) is 48.9 Å². The maximum Gasteiger partial charge on any atom is 0.0771 e. The van der Waals surface area contributed by atoms with Crippen molar-refractivity contribution in [3.8, 4) is 0 Å². The van der Waals surface area contributed by atoms with E-state index in [9.17, 15) is 5.11 Å². The van der Waals surface area contributed by atoms with E-state index in [0.717, 1.165) is 37.3 Å². The molecule has 110 valence electrons. The topological polar surface area (TPSA) is 32.3 Å². The van der Waals surface area contributed by atoms with E-state index in [4.69, 9.17) is 11.6 Å². The zero-order valence-electron chi connectivity index (χ0n) is 12.0. The molecule has 0 aliphatic heterocycles. The van der Waals surface area contributed by atoms with Gasteiger partial charge >= 0.3 is 0 Å². The van der Waals surface area contributed by atoms with Crippen LogP contribution in [0.3, 0.4) is 0 Å². The van der Waals surface area contributed by atoms with E-state index in [0.29, 0.717) is 6.04 Å². The number of rotatable bonds is 3. The van der Waals surface area contributed by atoms with Gasteiger partial charge in [0.25, 0.3) is 0 Å². The van der Waals surface area contributed by atoms with Crippen LogP contribution < -0.4 is 5.32 Å². The maximum absolute atomic E-state index is 10.7. The summed E-state index contributed by atoms with van der Waals surface area (Å²) in [5, 5.41) is 15.1. The van der Waals surface area contributed by atoms with Crippen LogP contribution in [0.15, 0.2) is 18.2 Å². The molecular weight excluding hydrogens is 270 g/mol. The van der Waals surface area contributed by atoms with Gasteiger partial charge in [0, 0.05) is 17.6 Å². The van der Waals surface area contributed by atoms with E-state index >= 15 is 0 Å². The van der Waals surface area contributed by atoms with E-state index < -0.39 is 5.60 Å². The Labute approximate surface area is 126 Å². The smallest absolute Gasteiger partial charge is 0.0771 e. The summed E-state index contributed by atoms with van der Waals surface area (Å²) in [5.74, 6) is 0. The predicted molar refractivity (Wildman–Crippen MR) is 83.3 cm³/mol. The second-order valence-electron chi connectivity index (χ2n) is 6.54. The molecule has 20 heavy (non-hydrogen) atoms. The average molecular weight is 294 g/mol. The van der Waals surface area contributed by atoms with Crippen LogP contribution in [-0.2, 0) is 12.8 Å². The van der Waals surface area contributed by atoms with Crippen molar-refractivity contribution in [2.45, 2.75) is 63.0 Å². The lowest BCUT2D eigenvalue weighted by molar-refractivity contribution is 0.0230. The summed E-state index contributed by atoms with van der Waals surface area (Å²) >= 11 is 6.05. The third-order valence-electron chi connectivity index (χ3n) is 4.85. The normalized spacial score (nSPS) is 25.2. The largest absolute Gasteiger partial charge is 0.389 e. The number of hydrogen-bond acceptors (Lipinski definition) is 2. The van der Waals surface area contributed by atoms with Gasteiger partial charge in [0.1, 0.15) is 0 Å². The van der Waals surface area contributed by atoms with Crippen LogP contribution in [0.2, 0.25) is 5.02 Å². The zero-order chi connectivity index (χ0) is 14.0. The van der Waals surface area contributed by atoms with Crippen molar-refractivity contribution < 1.29 is 5.11 Å². The van der Waals surface area contributed by atoms with Crippen molar-refractivity contribution >= 4 is 11.6 Å². The predicted octanol–water partition coefficient (Wildman–Crippen LogP) is 3.48. The van der Waals surface area contributed by atoms with Crippen molar-refractivity contribution in [3.05, 3.63) is 34.3 Å². The number of fused-ring (bicyclic) bond motifs is 1. The summed E-state index contributed by atoms with van der Waals surface area (Å²) in [6.07, 6.45) is 8.87. The highest BCUT2D eigenvalue weighted by atomic mass is 35.5. The van der Waals surface area contributed by atoms with Crippen LogP contribution >= 0.6 is 11.6 Å². The molecule has 2 aliphatic rings. The molecule has 2 nitrogen and oxygen atoms in total. The van der Waals surface area contributed by atoms with Gasteiger partial charge in [-0.2, -0.15) is 0 Å². The number of aliphatic hydroxyl groups is 1. The molecule has 0 heterocycles. The van der Waals surface area contributed by atoms with Crippen molar-refractivity contribution in [1.82, 2.24) is 5.32 Å². The molecule has 0 amide bonds. The van der Waals surface area contributed by atoms with Crippen LogP contribution in [0, 0.1) is 0 Å². The SMILES string of the molecule is OC1(CNC2Cc3ccc(Cl)cc3C2)CCCCCC1. The number of halogens is 1. The van der Waals surface area contributed by atoms with Gasteiger partial charge in [-0.1, -0.05) is 43.4 Å². The Morgan fingerprint density at radius 1 is 1.10 bits per heavy atom. The second-order valence-corrected chi connectivity index (χ2v) is 6.97. The molecule has 2 aliphatic carbocycles. The molecule has 0 bridgehead atoms. The minimum Gasteiger partial charge on any atom is -0.389 e. The summed E-state index contributed by atoms with van der Waals surface area (Å²) in [7, 11) is 0. The molecule has 3 rings (SSSR count). The van der Waals surface area contributed by atoms with Crippen molar-refractivity contribution in [3.63, 3.8) is 0 Å². The van der Waals surface area contributed by atoms with E-state index in [2.05, 4.69) is 17.4 Å². The lowest BCUT2D eigenvalue weighted by Crippen LogP contribution is -2.44. The Bertz CT molecular complexity index is 466. The lowest BCUT2D eigenvalue weighted by Gasteiger charge is -2.28. The molecular formula is C17H24ClNO. The molecule has 0 aromatic heterocycles. The van der Waals surface area contributed by atoms with Gasteiger partial charge in [-0.15, -0.1) is 0 Å². The number of hydrogen-bond donors (Lipinski definition) is 2. The Morgan fingerprint density at radius 2 is 1.80 bits per heavy atom. The summed E-state index contributed by atoms with van der Waals surface area (Å²) in [4.78, 5) is 0. The molecule has 0 saturated heterocycles. The summed E-state index contributed by atoms with van der Waals surface area (Å²) in [6.45, 7) is 0.736. The molecule has 2 N–H and O–H groups in total. The highest BCUT2D eigenvalue weighted by Gasteiger charge is 2.30. The Balaban J connectivity index is 1.55. The molecule has 1 aromatic rings. The first kappa shape index (κ1) is 14.4. The van der Waals surface area contributed by atoms with Crippen LogP contribution in [0.25, 0.3) is 0 Å². The van der Waals surface area contributed by atoms with Crippen molar-refractivity contribution in [1.29, 1.82) is 0 Å². The van der Waals surface area contributed by atoms with Crippen molar-refractivity contribution in [2.75, 3.05) is 6.54 Å². The average Bonchev–Trinajstić information content (AvgIpc) is 2.70. The van der Waals surface area contributed by atoms with Crippen LogP contribution in [0.1, 0.15) is 49.7 Å². The molecule has 0 spiro atoms. The molecule has 1 aromatic carbocycles. The first-order chi connectivity index (χ1) is 9.65. The standard InChI is InChI=1S/C17H24ClNO/c18-15-6-5-13-10-16(11-14(13)9-15)19-12-17(20)7-3-1-2-4-8-17/h5-6,9,16,19-20H,1-4,7-8,10-12H2. The summed E-state index contributed by atoms with van der Waals surface area (Å²) in [5.41, 5.74) is 2.28. The van der Waals surface area contributed by atoms with E-state index in [-0.39, 0.29) is 0 Å². The maximum atomic E-state index is 10.7. The third kappa shape index (κ3) is 3.36. The number of nitrogens with one attached hydrogen (secondary N) is 1. The highest BCUT2D eigenvalue weighted by Crippen LogP contribution is 2.28. The van der Waals surface area contributed by atoms with Gasteiger partial charge in [-0.25, -0.2) is 0 Å². The highest BCUT2D eigenvalue weighted by molar-refractivity contribution is 6.30. The minimum atomic E-state index is -0.483. The van der Waals surface area contributed by atoms with E-state index in [1.807, 2.05) is 6.07 Å². The van der Waals surface area contributed by atoms with E-state index in [1.54, 1.807) is 0 Å². The summed E-state index contributed by atoms with van der Waals surface area (Å²) in [6, 6.07) is 6.65. The summed E-state index contributed by atoms with van der Waals surface area (Å²) < 4.78 is 0. The lowest BCUT2D eigenvalue weighted by atomic mass is 9.94. The minimum absolute atomic E-state index is 0.454. The second kappa shape index (κ2) is 6.05. The van der Waals surface area contributed by atoms with Crippen LogP contribution in [0.4, 0.5) is 0 Å². The molecule has 1 unspecified atom stereocenters. The molecule has 3 heteroatoms. The molecule has 1 saturated carbocycles. The molecule has 1 fully saturated rings. The fourth-order valence-electron chi connectivity index (χ4n) is 3.63. The van der Waals surface area contributed by atoms with Gasteiger partial charge in [0.2, 0.25) is 0 Å². The van der Waals surface area contributed by atoms with Gasteiger partial charge in [0.15, 0.2) is 0 Å². The third-order valence-corrected chi connectivity index (χ3v) is 5.09. The Hall–Kier alpha value is -0.570. The van der Waals surface area contributed by atoms with E-state index in [1.165, 1.54) is 36.8 Å². The van der Waals surface area contributed by atoms with Gasteiger partial charge in [-0.3, -0.25) is 0 Å². The van der Waals surface area contributed by atoms with Gasteiger partial charge < -0.3 is 10.4 Å². The van der Waals surface area contributed by atoms with Gasteiger partial charge in [0.05, 0.1) is 5.60 Å². The quantitative estimate of drug-likeness (QED) is 0.836. The van der Waals surface area contributed by atoms with Crippen molar-refractivity contribution in [2.24, 2.45) is 0 Å². The monoisotopic (exact) mass is 293 g/mol.